The molecule has 0 heterocycles. The van der Waals surface area contributed by atoms with E-state index in [0.29, 0.717) is 17.9 Å². The number of hydrogen-bond acceptors (Lipinski definition) is 5. The third kappa shape index (κ3) is 6.89. The molecule has 0 aliphatic heterocycles. The van der Waals surface area contributed by atoms with E-state index in [-0.39, 0.29) is 18.4 Å². The van der Waals surface area contributed by atoms with Gasteiger partial charge < -0.3 is 16.0 Å². The molecule has 1 aromatic rings. The van der Waals surface area contributed by atoms with E-state index in [1.54, 1.807) is 36.1 Å². The molecule has 1 atom stereocenters. The molecule has 26 heavy (non-hydrogen) atoms. The molecule has 0 aromatic heterocycles. The average Bonchev–Trinajstić information content (AvgIpc) is 2.60. The fraction of sp³-hybridized carbons (Fsp3) is 0.412. The molecule has 1 aromatic carbocycles. The molecule has 0 bridgehead atoms. The molecule has 1 rings (SSSR count). The Balaban J connectivity index is 2.62. The predicted molar refractivity (Wildman–Crippen MR) is 98.7 cm³/mol. The molecule has 9 heteroatoms. The van der Waals surface area contributed by atoms with Gasteiger partial charge in [-0.2, -0.15) is 0 Å². The highest BCUT2D eigenvalue weighted by molar-refractivity contribution is 5.97. The molecule has 9 nitrogen and oxygen atoms in total. The first-order valence-corrected chi connectivity index (χ1v) is 8.21. The summed E-state index contributed by atoms with van der Waals surface area (Å²) in [5, 5.41) is 9.86. The zero-order valence-electron chi connectivity index (χ0n) is 15.4. The zero-order chi connectivity index (χ0) is 19.7. The standard InChI is InChI=1S/C17H25N5O4/c1-5-22(11(2)16(25)21-17(26)18-4)10-15(24)20-14-8-6-13(7-9-14)19-12(3)23/h6-9,11H,5,10H2,1-4H3,(H,19,23)(H,20,24)(H2,18,21,25,26)/t11-/m1/s1. The Bertz CT molecular complexity index is 660. The van der Waals surface area contributed by atoms with Crippen LogP contribution in [0.15, 0.2) is 24.3 Å². The smallest absolute Gasteiger partial charge is 0.321 e. The lowest BCUT2D eigenvalue weighted by Gasteiger charge is -2.25. The fourth-order valence-electron chi connectivity index (χ4n) is 2.19. The van der Waals surface area contributed by atoms with Crippen molar-refractivity contribution < 1.29 is 19.2 Å². The largest absolute Gasteiger partial charge is 0.341 e. The first kappa shape index (κ1) is 21.1. The predicted octanol–water partition coefficient (Wildman–Crippen LogP) is 0.750. The number of carbonyl (C=O) groups excluding carboxylic acids is 4. The first-order valence-electron chi connectivity index (χ1n) is 8.21. The molecule has 0 unspecified atom stereocenters. The lowest BCUT2D eigenvalue weighted by molar-refractivity contribution is -0.126. The second-order valence-electron chi connectivity index (χ2n) is 5.61. The molecule has 4 N–H and O–H groups in total. The second kappa shape index (κ2) is 10.1. The Hall–Kier alpha value is -2.94. The van der Waals surface area contributed by atoms with Crippen molar-refractivity contribution >= 4 is 35.1 Å². The monoisotopic (exact) mass is 363 g/mol. The number of hydrogen-bond donors (Lipinski definition) is 4. The molecular weight excluding hydrogens is 338 g/mol. The average molecular weight is 363 g/mol. The number of urea groups is 1. The SMILES string of the molecule is CCN(CC(=O)Nc1ccc(NC(C)=O)cc1)[C@H](C)C(=O)NC(=O)NC. The highest BCUT2D eigenvalue weighted by Gasteiger charge is 2.23. The van der Waals surface area contributed by atoms with Gasteiger partial charge in [-0.1, -0.05) is 6.92 Å². The van der Waals surface area contributed by atoms with E-state index < -0.39 is 18.0 Å². The van der Waals surface area contributed by atoms with Crippen LogP contribution in [0.2, 0.25) is 0 Å². The van der Waals surface area contributed by atoms with E-state index in [9.17, 15) is 19.2 Å². The van der Waals surface area contributed by atoms with Crippen LogP contribution in [0.3, 0.4) is 0 Å². The Morgan fingerprint density at radius 1 is 1.04 bits per heavy atom. The van der Waals surface area contributed by atoms with Gasteiger partial charge >= 0.3 is 6.03 Å². The van der Waals surface area contributed by atoms with Crippen molar-refractivity contribution in [2.24, 2.45) is 0 Å². The summed E-state index contributed by atoms with van der Waals surface area (Å²) in [6.45, 7) is 5.30. The molecule has 0 spiro atoms. The summed E-state index contributed by atoms with van der Waals surface area (Å²) < 4.78 is 0. The molecule has 0 aliphatic rings. The minimum absolute atomic E-state index is 0.00766. The molecule has 142 valence electrons. The van der Waals surface area contributed by atoms with Gasteiger partial charge in [0.15, 0.2) is 0 Å². The summed E-state index contributed by atoms with van der Waals surface area (Å²) in [7, 11) is 1.41. The molecule has 5 amide bonds. The van der Waals surface area contributed by atoms with Crippen molar-refractivity contribution in [3.63, 3.8) is 0 Å². The number of imide groups is 1. The van der Waals surface area contributed by atoms with Gasteiger partial charge in [0.2, 0.25) is 17.7 Å². The van der Waals surface area contributed by atoms with E-state index in [1.165, 1.54) is 14.0 Å². The van der Waals surface area contributed by atoms with Gasteiger partial charge in [0.25, 0.3) is 0 Å². The summed E-state index contributed by atoms with van der Waals surface area (Å²) >= 11 is 0. The highest BCUT2D eigenvalue weighted by atomic mass is 16.2. The van der Waals surface area contributed by atoms with Gasteiger partial charge in [0.1, 0.15) is 0 Å². The third-order valence-corrected chi connectivity index (χ3v) is 3.63. The van der Waals surface area contributed by atoms with E-state index >= 15 is 0 Å². The van der Waals surface area contributed by atoms with Gasteiger partial charge in [-0.3, -0.25) is 24.6 Å². The van der Waals surface area contributed by atoms with Crippen LogP contribution in [0.5, 0.6) is 0 Å². The lowest BCUT2D eigenvalue weighted by Crippen LogP contribution is -2.50. The highest BCUT2D eigenvalue weighted by Crippen LogP contribution is 2.13. The summed E-state index contributed by atoms with van der Waals surface area (Å²) in [5.41, 5.74) is 1.20. The molecule has 0 fully saturated rings. The van der Waals surface area contributed by atoms with E-state index in [0.717, 1.165) is 0 Å². The molecule has 0 saturated carbocycles. The summed E-state index contributed by atoms with van der Waals surface area (Å²) in [6, 6.07) is 5.44. The maximum Gasteiger partial charge on any atom is 0.321 e. The van der Waals surface area contributed by atoms with Gasteiger partial charge in [-0.25, -0.2) is 4.79 Å². The normalized spacial score (nSPS) is 11.4. The number of amides is 5. The number of carbonyl (C=O) groups is 4. The van der Waals surface area contributed by atoms with Crippen LogP contribution in [0.4, 0.5) is 16.2 Å². The number of anilines is 2. The summed E-state index contributed by atoms with van der Waals surface area (Å²) in [6.07, 6.45) is 0. The second-order valence-corrected chi connectivity index (χ2v) is 5.61. The van der Waals surface area contributed by atoms with E-state index in [2.05, 4.69) is 21.3 Å². The van der Waals surface area contributed by atoms with E-state index in [1.807, 2.05) is 6.92 Å². The van der Waals surface area contributed by atoms with Crippen LogP contribution in [0.1, 0.15) is 20.8 Å². The number of nitrogens with one attached hydrogen (secondary N) is 4. The van der Waals surface area contributed by atoms with Gasteiger partial charge in [0, 0.05) is 25.3 Å². The van der Waals surface area contributed by atoms with Gasteiger partial charge in [0.05, 0.1) is 12.6 Å². The first-order chi connectivity index (χ1) is 12.3. The molecule has 0 radical (unpaired) electrons. The van der Waals surface area contributed by atoms with Gasteiger partial charge in [-0.05, 0) is 37.7 Å². The summed E-state index contributed by atoms with van der Waals surface area (Å²) in [5.74, 6) is -0.957. The minimum Gasteiger partial charge on any atom is -0.341 e. The van der Waals surface area contributed by atoms with Crippen LogP contribution < -0.4 is 21.3 Å². The Morgan fingerprint density at radius 3 is 2.04 bits per heavy atom. The maximum atomic E-state index is 12.2. The number of rotatable bonds is 7. The van der Waals surface area contributed by atoms with Gasteiger partial charge in [-0.15, -0.1) is 0 Å². The van der Waals surface area contributed by atoms with Crippen molar-refractivity contribution in [3.8, 4) is 0 Å². The third-order valence-electron chi connectivity index (χ3n) is 3.63. The zero-order valence-corrected chi connectivity index (χ0v) is 15.4. The lowest BCUT2D eigenvalue weighted by atomic mass is 10.2. The van der Waals surface area contributed by atoms with Crippen LogP contribution in [0.25, 0.3) is 0 Å². The van der Waals surface area contributed by atoms with Crippen LogP contribution in [-0.2, 0) is 14.4 Å². The van der Waals surface area contributed by atoms with Crippen molar-refractivity contribution in [2.45, 2.75) is 26.8 Å². The van der Waals surface area contributed by atoms with E-state index in [4.69, 9.17) is 0 Å². The number of nitrogens with zero attached hydrogens (tertiary/aromatic N) is 1. The quantitative estimate of drug-likeness (QED) is 0.570. The van der Waals surface area contributed by atoms with Crippen LogP contribution in [-0.4, -0.2) is 54.8 Å². The number of benzene rings is 1. The van der Waals surface area contributed by atoms with Crippen molar-refractivity contribution in [1.29, 1.82) is 0 Å². The fourth-order valence-corrected chi connectivity index (χ4v) is 2.19. The topological polar surface area (TPSA) is 120 Å². The summed E-state index contributed by atoms with van der Waals surface area (Å²) in [4.78, 5) is 48.1. The maximum absolute atomic E-state index is 12.2. The van der Waals surface area contributed by atoms with Crippen LogP contribution >= 0.6 is 0 Å². The van der Waals surface area contributed by atoms with Crippen molar-refractivity contribution in [3.05, 3.63) is 24.3 Å². The van der Waals surface area contributed by atoms with Crippen molar-refractivity contribution in [2.75, 3.05) is 30.8 Å². The Kier molecular flexibility index (Phi) is 8.23. The van der Waals surface area contributed by atoms with Crippen LogP contribution in [0, 0.1) is 0 Å². The number of likely N-dealkylation sites (N-methyl/N-ethyl adjacent to an activating group) is 1. The Morgan fingerprint density at radius 2 is 1.58 bits per heavy atom. The Labute approximate surface area is 152 Å². The molecular formula is C17H25N5O4. The molecule has 0 saturated heterocycles. The molecule has 0 aliphatic carbocycles. The minimum atomic E-state index is -0.648. The van der Waals surface area contributed by atoms with Crippen molar-refractivity contribution in [1.82, 2.24) is 15.5 Å².